The van der Waals surface area contributed by atoms with E-state index in [9.17, 15) is 19.8 Å². The normalized spacial score (nSPS) is 14.6. The lowest BCUT2D eigenvalue weighted by molar-refractivity contribution is -0.134. The van der Waals surface area contributed by atoms with Gasteiger partial charge in [-0.05, 0) is 23.8 Å². The molecule has 1 aliphatic heterocycles. The maximum Gasteiger partial charge on any atom is 0.341 e. The van der Waals surface area contributed by atoms with Gasteiger partial charge >= 0.3 is 5.97 Å². The van der Waals surface area contributed by atoms with E-state index in [-0.39, 0.29) is 17.1 Å². The molecule has 0 saturated carbocycles. The quantitative estimate of drug-likeness (QED) is 0.339. The summed E-state index contributed by atoms with van der Waals surface area (Å²) in [7, 11) is 0. The van der Waals surface area contributed by atoms with Gasteiger partial charge in [0.15, 0.2) is 17.3 Å². The molecule has 0 atom stereocenters. The lowest BCUT2D eigenvalue weighted by atomic mass is 10.1. The Hall–Kier alpha value is -1.86. The molecule has 1 saturated heterocycles. The Balaban J connectivity index is 2.22. The zero-order chi connectivity index (χ0) is 15.4. The third kappa shape index (κ3) is 3.83. The van der Waals surface area contributed by atoms with Crippen molar-refractivity contribution in [2.45, 2.75) is 0 Å². The number of allylic oxidation sites excluding steroid dienone is 1. The molecule has 2 rings (SSSR count). The maximum absolute atomic E-state index is 12.0. The summed E-state index contributed by atoms with van der Waals surface area (Å²) in [6.45, 7) is 0. The molecule has 0 spiro atoms. The number of ketones is 1. The Labute approximate surface area is 129 Å². The van der Waals surface area contributed by atoms with Crippen molar-refractivity contribution < 1.29 is 24.9 Å². The summed E-state index contributed by atoms with van der Waals surface area (Å²) in [5, 5.41) is 27.7. The first-order valence-corrected chi connectivity index (χ1v) is 7.93. The summed E-state index contributed by atoms with van der Waals surface area (Å²) in [6, 6.07) is 4.08. The highest BCUT2D eigenvalue weighted by Crippen LogP contribution is 2.39. The molecule has 21 heavy (non-hydrogen) atoms. The molecular formula is C14H12O5S2. The molecule has 7 heteroatoms. The van der Waals surface area contributed by atoms with E-state index in [0.717, 1.165) is 17.6 Å². The second-order valence-corrected chi connectivity index (χ2v) is 6.58. The summed E-state index contributed by atoms with van der Waals surface area (Å²) in [5.74, 6) is -0.810. The number of benzene rings is 1. The number of aromatic hydroxyl groups is 2. The molecule has 1 aliphatic rings. The average molecular weight is 324 g/mol. The van der Waals surface area contributed by atoms with Crippen molar-refractivity contribution >= 4 is 41.4 Å². The van der Waals surface area contributed by atoms with Crippen molar-refractivity contribution in [2.24, 2.45) is 0 Å². The van der Waals surface area contributed by atoms with Crippen molar-refractivity contribution in [3.8, 4) is 11.5 Å². The summed E-state index contributed by atoms with van der Waals surface area (Å²) < 4.78 is 0.533. The smallest absolute Gasteiger partial charge is 0.341 e. The van der Waals surface area contributed by atoms with Gasteiger partial charge in [0.1, 0.15) is 5.57 Å². The van der Waals surface area contributed by atoms with E-state index in [2.05, 4.69) is 0 Å². The van der Waals surface area contributed by atoms with Crippen LogP contribution in [-0.4, -0.2) is 38.6 Å². The summed E-state index contributed by atoms with van der Waals surface area (Å²) >= 11 is 2.73. The maximum atomic E-state index is 12.0. The summed E-state index contributed by atoms with van der Waals surface area (Å²) in [5.41, 5.74) is 0.266. The number of hydrogen-bond acceptors (Lipinski definition) is 6. The predicted octanol–water partition coefficient (Wildman–Crippen LogP) is 2.46. The van der Waals surface area contributed by atoms with Gasteiger partial charge in [0.2, 0.25) is 0 Å². The molecule has 0 radical (unpaired) electrons. The molecule has 5 nitrogen and oxygen atoms in total. The van der Waals surface area contributed by atoms with Crippen molar-refractivity contribution in [1.29, 1.82) is 0 Å². The number of aliphatic carboxylic acids is 1. The second-order valence-electron chi connectivity index (χ2n) is 4.11. The first-order valence-electron chi connectivity index (χ1n) is 5.96. The molecule has 0 amide bonds. The molecule has 3 N–H and O–H groups in total. The van der Waals surface area contributed by atoms with Gasteiger partial charge in [0, 0.05) is 11.5 Å². The number of phenolic OH excluding ortho intramolecular Hbond substituents is 2. The Morgan fingerprint density at radius 3 is 2.33 bits per heavy atom. The lowest BCUT2D eigenvalue weighted by Crippen LogP contribution is -2.11. The highest BCUT2D eigenvalue weighted by atomic mass is 32.2. The number of rotatable bonds is 4. The zero-order valence-corrected chi connectivity index (χ0v) is 12.4. The minimum Gasteiger partial charge on any atom is -0.504 e. The van der Waals surface area contributed by atoms with Crippen LogP contribution in [0.5, 0.6) is 11.5 Å². The van der Waals surface area contributed by atoms with Crippen LogP contribution in [0.25, 0.3) is 6.08 Å². The van der Waals surface area contributed by atoms with E-state index in [4.69, 9.17) is 5.11 Å². The van der Waals surface area contributed by atoms with Crippen LogP contribution in [-0.2, 0) is 9.59 Å². The van der Waals surface area contributed by atoms with Gasteiger partial charge in [0.05, 0.1) is 4.24 Å². The van der Waals surface area contributed by atoms with Gasteiger partial charge in [-0.2, -0.15) is 0 Å². The number of phenols is 2. The Morgan fingerprint density at radius 2 is 1.76 bits per heavy atom. The first-order chi connectivity index (χ1) is 9.99. The van der Waals surface area contributed by atoms with E-state index in [1.165, 1.54) is 47.8 Å². The number of carboxylic acids is 1. The molecule has 0 unspecified atom stereocenters. The van der Waals surface area contributed by atoms with Crippen LogP contribution in [0.4, 0.5) is 0 Å². The second kappa shape index (κ2) is 6.73. The highest BCUT2D eigenvalue weighted by Gasteiger charge is 2.24. The average Bonchev–Trinajstić information content (AvgIpc) is 2.93. The molecular weight excluding hydrogens is 312 g/mol. The van der Waals surface area contributed by atoms with E-state index in [0.29, 0.717) is 9.80 Å². The number of thioether (sulfide) groups is 2. The molecule has 0 aliphatic carbocycles. The molecule has 1 aromatic carbocycles. The van der Waals surface area contributed by atoms with E-state index < -0.39 is 11.8 Å². The third-order valence-corrected chi connectivity index (χ3v) is 5.36. The van der Waals surface area contributed by atoms with Gasteiger partial charge in [0.25, 0.3) is 0 Å². The fraction of sp³-hybridized carbons (Fsp3) is 0.143. The summed E-state index contributed by atoms with van der Waals surface area (Å²) in [4.78, 5) is 23.3. The topological polar surface area (TPSA) is 94.8 Å². The minimum atomic E-state index is -1.24. The lowest BCUT2D eigenvalue weighted by Gasteiger charge is -2.02. The van der Waals surface area contributed by atoms with Gasteiger partial charge in [-0.25, -0.2) is 4.79 Å². The number of carbonyl (C=O) groups excluding carboxylic acids is 1. The van der Waals surface area contributed by atoms with Crippen LogP contribution in [0.1, 0.15) is 5.56 Å². The Morgan fingerprint density at radius 1 is 1.10 bits per heavy atom. The van der Waals surface area contributed by atoms with Gasteiger partial charge in [-0.1, -0.05) is 12.1 Å². The summed E-state index contributed by atoms with van der Waals surface area (Å²) in [6.07, 6.45) is 2.55. The van der Waals surface area contributed by atoms with E-state index in [1.54, 1.807) is 0 Å². The fourth-order valence-corrected chi connectivity index (χ4v) is 4.18. The number of carboxylic acid groups (broad SMARTS) is 1. The SMILES string of the molecule is O=C(O)C(C(=O)C=Cc1ccc(O)c(O)c1)=C1SCCS1. The molecule has 1 heterocycles. The largest absolute Gasteiger partial charge is 0.504 e. The van der Waals surface area contributed by atoms with Crippen molar-refractivity contribution in [3.05, 3.63) is 39.6 Å². The first kappa shape index (κ1) is 15.5. The Bertz CT molecular complexity index is 641. The molecule has 0 bridgehead atoms. The van der Waals surface area contributed by atoms with Crippen LogP contribution in [0.3, 0.4) is 0 Å². The van der Waals surface area contributed by atoms with Crippen molar-refractivity contribution in [2.75, 3.05) is 11.5 Å². The minimum absolute atomic E-state index is 0.221. The van der Waals surface area contributed by atoms with Crippen molar-refractivity contribution in [3.63, 3.8) is 0 Å². The van der Waals surface area contributed by atoms with Crippen molar-refractivity contribution in [1.82, 2.24) is 0 Å². The van der Waals surface area contributed by atoms with E-state index in [1.807, 2.05) is 0 Å². The molecule has 0 aromatic heterocycles. The van der Waals surface area contributed by atoms with Crippen LogP contribution in [0.15, 0.2) is 34.1 Å². The highest BCUT2D eigenvalue weighted by molar-refractivity contribution is 8.25. The monoisotopic (exact) mass is 324 g/mol. The fourth-order valence-electron chi connectivity index (χ4n) is 1.65. The van der Waals surface area contributed by atoms with Gasteiger partial charge in [-0.15, -0.1) is 23.5 Å². The standard InChI is InChI=1S/C14H12O5S2/c15-9-3-1-8(7-11(9)17)2-4-10(16)12(13(18)19)14-20-5-6-21-14/h1-4,7,15,17H,5-6H2,(H,18,19). The van der Waals surface area contributed by atoms with Gasteiger partial charge < -0.3 is 15.3 Å². The third-order valence-electron chi connectivity index (χ3n) is 2.64. The van der Waals surface area contributed by atoms with Crippen LogP contribution < -0.4 is 0 Å². The molecule has 1 aromatic rings. The zero-order valence-electron chi connectivity index (χ0n) is 10.8. The van der Waals surface area contributed by atoms with Crippen LogP contribution in [0.2, 0.25) is 0 Å². The number of carbonyl (C=O) groups is 2. The van der Waals surface area contributed by atoms with Crippen LogP contribution >= 0.6 is 23.5 Å². The van der Waals surface area contributed by atoms with E-state index >= 15 is 0 Å². The molecule has 110 valence electrons. The molecule has 1 fully saturated rings. The van der Waals surface area contributed by atoms with Gasteiger partial charge in [-0.3, -0.25) is 4.79 Å². The number of hydrogen-bond donors (Lipinski definition) is 3. The predicted molar refractivity (Wildman–Crippen MR) is 83.4 cm³/mol. The Kier molecular flexibility index (Phi) is 4.98. The van der Waals surface area contributed by atoms with Crippen LogP contribution in [0, 0.1) is 0 Å².